The number of carbonyl (C=O) groups is 1. The summed E-state index contributed by atoms with van der Waals surface area (Å²) in [5.74, 6) is 1.42. The van der Waals surface area contributed by atoms with Crippen molar-refractivity contribution in [2.45, 2.75) is 17.6 Å². The van der Waals surface area contributed by atoms with E-state index in [1.165, 1.54) is 11.8 Å². The molecule has 4 rings (SSSR count). The number of nitrogens with zero attached hydrogens (tertiary/aromatic N) is 4. The minimum atomic E-state index is -0.191. The predicted molar refractivity (Wildman–Crippen MR) is 120 cm³/mol. The van der Waals surface area contributed by atoms with Gasteiger partial charge in [-0.15, -0.1) is 11.8 Å². The number of nitrogens with one attached hydrogen (secondary N) is 1. The molecule has 0 aliphatic heterocycles. The second-order valence-electron chi connectivity index (χ2n) is 6.56. The summed E-state index contributed by atoms with van der Waals surface area (Å²) in [6, 6.07) is 24.1. The normalized spacial score (nSPS) is 11.0. The number of hydrogen-bond acceptors (Lipinski definition) is 7. The minimum Gasteiger partial charge on any atom is -0.338 e. The Balaban J connectivity index is 1.40. The Kier molecular flexibility index (Phi) is 6.49. The minimum absolute atomic E-state index is 0.191. The van der Waals surface area contributed by atoms with Crippen LogP contribution < -0.4 is 5.32 Å². The zero-order chi connectivity index (χ0) is 21.5. The van der Waals surface area contributed by atoms with Crippen LogP contribution in [0.15, 0.2) is 98.5 Å². The van der Waals surface area contributed by atoms with Crippen LogP contribution in [0.2, 0.25) is 0 Å². The van der Waals surface area contributed by atoms with Gasteiger partial charge in [-0.3, -0.25) is 4.79 Å². The molecule has 0 aliphatic carbocycles. The van der Waals surface area contributed by atoms with Crippen LogP contribution >= 0.6 is 11.8 Å². The van der Waals surface area contributed by atoms with Gasteiger partial charge in [-0.2, -0.15) is 15.2 Å². The monoisotopic (exact) mass is 429 g/mol. The lowest BCUT2D eigenvalue weighted by Crippen LogP contribution is -2.12. The van der Waals surface area contributed by atoms with Crippen molar-refractivity contribution in [2.75, 3.05) is 5.32 Å². The van der Waals surface area contributed by atoms with Gasteiger partial charge < -0.3 is 9.84 Å². The van der Waals surface area contributed by atoms with Crippen LogP contribution in [-0.4, -0.2) is 16.0 Å². The van der Waals surface area contributed by atoms with Crippen molar-refractivity contribution in [1.29, 1.82) is 0 Å². The number of azo groups is 1. The summed E-state index contributed by atoms with van der Waals surface area (Å²) in [7, 11) is 0. The molecule has 1 amide bonds. The highest BCUT2D eigenvalue weighted by Crippen LogP contribution is 2.27. The van der Waals surface area contributed by atoms with Gasteiger partial charge in [0.25, 0.3) is 5.91 Å². The number of benzene rings is 3. The molecule has 0 spiro atoms. The Morgan fingerprint density at radius 1 is 0.935 bits per heavy atom. The summed E-state index contributed by atoms with van der Waals surface area (Å²) >= 11 is 1.47. The quantitative estimate of drug-likeness (QED) is 0.273. The Morgan fingerprint density at radius 2 is 1.61 bits per heavy atom. The third kappa shape index (κ3) is 5.64. The van der Waals surface area contributed by atoms with Gasteiger partial charge in [-0.05, 0) is 55.5 Å². The van der Waals surface area contributed by atoms with Crippen molar-refractivity contribution in [1.82, 2.24) is 10.1 Å². The second-order valence-corrected chi connectivity index (χ2v) is 7.57. The average molecular weight is 430 g/mol. The van der Waals surface area contributed by atoms with Crippen LogP contribution in [0.4, 0.5) is 17.1 Å². The summed E-state index contributed by atoms with van der Waals surface area (Å²) in [4.78, 5) is 17.9. The molecule has 0 bridgehead atoms. The molecular weight excluding hydrogens is 410 g/mol. The standard InChI is InChI=1S/C23H19N5O2S/c1-16-24-22(30-28-16)15-31-21-10-6-5-9-20(21)23(29)25-17-11-13-19(14-12-17)27-26-18-7-3-2-4-8-18/h2-14H,15H2,1H3,(H,25,29). The van der Waals surface area contributed by atoms with E-state index in [1.54, 1.807) is 37.3 Å². The van der Waals surface area contributed by atoms with Crippen LogP contribution in [0.5, 0.6) is 0 Å². The van der Waals surface area contributed by atoms with Crippen molar-refractivity contribution < 1.29 is 9.32 Å². The first-order valence-electron chi connectivity index (χ1n) is 9.56. The van der Waals surface area contributed by atoms with Gasteiger partial charge in [-0.1, -0.05) is 35.5 Å². The maximum atomic E-state index is 12.8. The molecule has 1 N–H and O–H groups in total. The number of hydrogen-bond donors (Lipinski definition) is 1. The molecule has 31 heavy (non-hydrogen) atoms. The summed E-state index contributed by atoms with van der Waals surface area (Å²) < 4.78 is 5.14. The molecule has 154 valence electrons. The highest BCUT2D eigenvalue weighted by atomic mass is 32.2. The van der Waals surface area contributed by atoms with E-state index in [0.29, 0.717) is 34.4 Å². The number of rotatable bonds is 7. The number of thioether (sulfide) groups is 1. The van der Waals surface area contributed by atoms with Crippen LogP contribution in [0, 0.1) is 6.92 Å². The molecule has 0 fully saturated rings. The van der Waals surface area contributed by atoms with Crippen molar-refractivity contribution in [2.24, 2.45) is 10.2 Å². The van der Waals surface area contributed by atoms with Gasteiger partial charge in [0.1, 0.15) is 0 Å². The van der Waals surface area contributed by atoms with Crippen molar-refractivity contribution in [3.05, 3.63) is 96.1 Å². The smallest absolute Gasteiger partial charge is 0.256 e. The number of anilines is 1. The number of aromatic nitrogens is 2. The fourth-order valence-electron chi connectivity index (χ4n) is 2.74. The lowest BCUT2D eigenvalue weighted by Gasteiger charge is -2.09. The van der Waals surface area contributed by atoms with E-state index in [1.807, 2.05) is 48.5 Å². The van der Waals surface area contributed by atoms with E-state index >= 15 is 0 Å². The van der Waals surface area contributed by atoms with E-state index in [0.717, 1.165) is 10.6 Å². The maximum absolute atomic E-state index is 12.8. The number of amides is 1. The van der Waals surface area contributed by atoms with E-state index in [-0.39, 0.29) is 5.91 Å². The van der Waals surface area contributed by atoms with E-state index in [4.69, 9.17) is 4.52 Å². The third-order valence-electron chi connectivity index (χ3n) is 4.21. The van der Waals surface area contributed by atoms with Crippen molar-refractivity contribution >= 4 is 34.7 Å². The fourth-order valence-corrected chi connectivity index (χ4v) is 3.63. The topological polar surface area (TPSA) is 92.7 Å². The first kappa shape index (κ1) is 20.5. The number of carbonyl (C=O) groups excluding carboxylic acids is 1. The van der Waals surface area contributed by atoms with E-state index < -0.39 is 0 Å². The summed E-state index contributed by atoms with van der Waals surface area (Å²) in [5, 5.41) is 15.1. The molecule has 0 radical (unpaired) electrons. The SMILES string of the molecule is Cc1noc(CSc2ccccc2C(=O)Nc2ccc(N=Nc3ccccc3)cc2)n1. The Morgan fingerprint density at radius 3 is 2.32 bits per heavy atom. The number of aryl methyl sites for hydroxylation is 1. The molecule has 7 nitrogen and oxygen atoms in total. The Hall–Kier alpha value is -3.78. The van der Waals surface area contributed by atoms with Gasteiger partial charge in [0.15, 0.2) is 5.82 Å². The van der Waals surface area contributed by atoms with E-state index in [2.05, 4.69) is 25.7 Å². The van der Waals surface area contributed by atoms with Crippen LogP contribution in [0.25, 0.3) is 0 Å². The zero-order valence-corrected chi connectivity index (χ0v) is 17.5. The molecular formula is C23H19N5O2S. The Labute approximate surface area is 183 Å². The molecule has 0 unspecified atom stereocenters. The summed E-state index contributed by atoms with van der Waals surface area (Å²) in [6.45, 7) is 1.77. The van der Waals surface area contributed by atoms with Crippen molar-refractivity contribution in [3.8, 4) is 0 Å². The molecule has 4 aromatic rings. The lowest BCUT2D eigenvalue weighted by molar-refractivity contribution is 0.102. The van der Waals surface area contributed by atoms with Crippen LogP contribution in [0.1, 0.15) is 22.1 Å². The average Bonchev–Trinajstić information content (AvgIpc) is 3.23. The molecule has 8 heteroatoms. The summed E-state index contributed by atoms with van der Waals surface area (Å²) in [5.41, 5.74) is 2.74. The molecule has 0 aliphatic rings. The van der Waals surface area contributed by atoms with Gasteiger partial charge in [-0.25, -0.2) is 0 Å². The highest BCUT2D eigenvalue weighted by molar-refractivity contribution is 7.98. The first-order chi connectivity index (χ1) is 15.2. The fraction of sp³-hybridized carbons (Fsp3) is 0.0870. The lowest BCUT2D eigenvalue weighted by atomic mass is 10.2. The van der Waals surface area contributed by atoms with E-state index in [9.17, 15) is 4.79 Å². The maximum Gasteiger partial charge on any atom is 0.256 e. The van der Waals surface area contributed by atoms with Gasteiger partial charge in [0.05, 0.1) is 22.7 Å². The molecule has 1 aromatic heterocycles. The van der Waals surface area contributed by atoms with Gasteiger partial charge in [0.2, 0.25) is 5.89 Å². The van der Waals surface area contributed by atoms with Crippen LogP contribution in [0.3, 0.4) is 0 Å². The highest BCUT2D eigenvalue weighted by Gasteiger charge is 2.13. The second kappa shape index (κ2) is 9.82. The zero-order valence-electron chi connectivity index (χ0n) is 16.7. The van der Waals surface area contributed by atoms with Crippen molar-refractivity contribution in [3.63, 3.8) is 0 Å². The first-order valence-corrected chi connectivity index (χ1v) is 10.6. The molecule has 0 atom stereocenters. The Bertz CT molecular complexity index is 1190. The van der Waals surface area contributed by atoms with Crippen LogP contribution in [-0.2, 0) is 5.75 Å². The van der Waals surface area contributed by atoms with Gasteiger partial charge >= 0.3 is 0 Å². The van der Waals surface area contributed by atoms with Gasteiger partial charge in [0, 0.05) is 10.6 Å². The summed E-state index contributed by atoms with van der Waals surface area (Å²) in [6.07, 6.45) is 0. The molecule has 3 aromatic carbocycles. The third-order valence-corrected chi connectivity index (χ3v) is 5.27. The molecule has 0 saturated heterocycles. The predicted octanol–water partition coefficient (Wildman–Crippen LogP) is 6.34. The molecule has 0 saturated carbocycles. The molecule has 1 heterocycles. The largest absolute Gasteiger partial charge is 0.338 e.